The maximum Gasteiger partial charge on any atom is 0.00935 e. The number of alkyl halides is 1. The molecule has 0 bridgehead atoms. The predicted molar refractivity (Wildman–Crippen MR) is 26.3 cm³/mol. The van der Waals surface area contributed by atoms with Gasteiger partial charge in [-0.1, -0.05) is 15.9 Å². The standard InChI is InChI=1S/C4H6Br/c5-3-4-1-2-4/h1-3H2. The maximum absolute atomic E-state index is 3.34. The molecule has 29 valence electrons. The van der Waals surface area contributed by atoms with Crippen LogP contribution in [0.15, 0.2) is 0 Å². The van der Waals surface area contributed by atoms with Crippen LogP contribution >= 0.6 is 15.9 Å². The van der Waals surface area contributed by atoms with Crippen LogP contribution in [0.4, 0.5) is 0 Å². The minimum Gasteiger partial charge on any atom is -0.0922 e. The van der Waals surface area contributed by atoms with Gasteiger partial charge in [0.1, 0.15) is 0 Å². The molecule has 0 nitrogen and oxygen atoms in total. The van der Waals surface area contributed by atoms with Crippen molar-refractivity contribution in [2.45, 2.75) is 12.8 Å². The molecule has 0 aromatic rings. The Hall–Kier alpha value is 0.480. The lowest BCUT2D eigenvalue weighted by Crippen LogP contribution is -1.62. The first-order valence-corrected chi connectivity index (χ1v) is 2.95. The molecule has 5 heavy (non-hydrogen) atoms. The van der Waals surface area contributed by atoms with Crippen molar-refractivity contribution < 1.29 is 0 Å². The molecule has 0 N–H and O–H groups in total. The zero-order valence-corrected chi connectivity index (χ0v) is 4.59. The van der Waals surface area contributed by atoms with E-state index in [9.17, 15) is 0 Å². The van der Waals surface area contributed by atoms with Gasteiger partial charge < -0.3 is 0 Å². The Labute approximate surface area is 40.7 Å². The first-order chi connectivity index (χ1) is 2.43. The second-order valence-corrected chi connectivity index (χ2v) is 1.94. The highest BCUT2D eigenvalue weighted by Gasteiger charge is 2.19. The van der Waals surface area contributed by atoms with Crippen molar-refractivity contribution in [3.05, 3.63) is 5.92 Å². The van der Waals surface area contributed by atoms with E-state index in [1.165, 1.54) is 12.8 Å². The maximum atomic E-state index is 3.34. The van der Waals surface area contributed by atoms with Gasteiger partial charge in [-0.3, -0.25) is 0 Å². The van der Waals surface area contributed by atoms with Crippen molar-refractivity contribution >= 4 is 15.9 Å². The third-order valence-corrected chi connectivity index (χ3v) is 1.59. The largest absolute Gasteiger partial charge is 0.0922 e. The molecule has 0 atom stereocenters. The lowest BCUT2D eigenvalue weighted by atomic mass is 10.5. The van der Waals surface area contributed by atoms with E-state index in [-0.39, 0.29) is 0 Å². The summed E-state index contributed by atoms with van der Waals surface area (Å²) in [4.78, 5) is 0. The lowest BCUT2D eigenvalue weighted by molar-refractivity contribution is 1.43. The summed E-state index contributed by atoms with van der Waals surface area (Å²) in [7, 11) is 0. The minimum atomic E-state index is 1.15. The van der Waals surface area contributed by atoms with Crippen LogP contribution in [0.5, 0.6) is 0 Å². The topological polar surface area (TPSA) is 0 Å². The van der Waals surface area contributed by atoms with Crippen molar-refractivity contribution in [2.24, 2.45) is 0 Å². The van der Waals surface area contributed by atoms with E-state index in [1.54, 1.807) is 5.92 Å². The van der Waals surface area contributed by atoms with Gasteiger partial charge in [0.15, 0.2) is 0 Å². The van der Waals surface area contributed by atoms with Gasteiger partial charge in [-0.05, 0) is 18.8 Å². The molecule has 0 aliphatic heterocycles. The van der Waals surface area contributed by atoms with E-state index in [0.717, 1.165) is 5.33 Å². The van der Waals surface area contributed by atoms with Crippen molar-refractivity contribution in [3.63, 3.8) is 0 Å². The molecule has 0 amide bonds. The van der Waals surface area contributed by atoms with E-state index in [4.69, 9.17) is 0 Å². The molecule has 0 aromatic carbocycles. The van der Waals surface area contributed by atoms with Gasteiger partial charge in [0.05, 0.1) is 0 Å². The van der Waals surface area contributed by atoms with Crippen molar-refractivity contribution in [1.82, 2.24) is 0 Å². The first-order valence-electron chi connectivity index (χ1n) is 1.83. The van der Waals surface area contributed by atoms with Crippen LogP contribution in [0.2, 0.25) is 0 Å². The van der Waals surface area contributed by atoms with Crippen LogP contribution < -0.4 is 0 Å². The van der Waals surface area contributed by atoms with Crippen LogP contribution in [0.3, 0.4) is 0 Å². The fourth-order valence-corrected chi connectivity index (χ4v) is 0.783. The van der Waals surface area contributed by atoms with E-state index in [0.29, 0.717) is 0 Å². The van der Waals surface area contributed by atoms with Gasteiger partial charge in [0.25, 0.3) is 0 Å². The van der Waals surface area contributed by atoms with Gasteiger partial charge in [-0.25, -0.2) is 0 Å². The molecule has 0 unspecified atom stereocenters. The summed E-state index contributed by atoms with van der Waals surface area (Å²) in [5.41, 5.74) is 0. The molecule has 1 rings (SSSR count). The van der Waals surface area contributed by atoms with E-state index < -0.39 is 0 Å². The third-order valence-electron chi connectivity index (χ3n) is 0.793. The summed E-state index contributed by atoms with van der Waals surface area (Å²) in [5, 5.41) is 1.15. The fourth-order valence-electron chi connectivity index (χ4n) is 0.222. The van der Waals surface area contributed by atoms with Gasteiger partial charge >= 0.3 is 0 Å². The van der Waals surface area contributed by atoms with E-state index >= 15 is 0 Å². The molecule has 0 aromatic heterocycles. The lowest BCUT2D eigenvalue weighted by Gasteiger charge is -1.69. The van der Waals surface area contributed by atoms with Crippen LogP contribution in [0, 0.1) is 5.92 Å². The molecule has 1 radical (unpaired) electrons. The molecule has 1 heteroatoms. The molecular formula is C4H6Br. The number of hydrogen-bond donors (Lipinski definition) is 0. The Bertz CT molecular complexity index is 30.6. The number of hydrogen-bond acceptors (Lipinski definition) is 0. The third kappa shape index (κ3) is 0.918. The van der Waals surface area contributed by atoms with Gasteiger partial charge in [0.2, 0.25) is 0 Å². The summed E-state index contributed by atoms with van der Waals surface area (Å²) in [6.45, 7) is 0. The minimum absolute atomic E-state index is 1.15. The number of halogens is 1. The fraction of sp³-hybridized carbons (Fsp3) is 0.750. The Kier molecular flexibility index (Phi) is 0.946. The monoisotopic (exact) mass is 133 g/mol. The molecule has 1 aliphatic carbocycles. The smallest absolute Gasteiger partial charge is 0.00935 e. The quantitative estimate of drug-likeness (QED) is 0.479. The SMILES string of the molecule is BrC[C]1CC1. The van der Waals surface area contributed by atoms with Gasteiger partial charge in [-0.2, -0.15) is 0 Å². The molecule has 0 spiro atoms. The summed E-state index contributed by atoms with van der Waals surface area (Å²) >= 11 is 3.34. The molecule has 1 aliphatic rings. The van der Waals surface area contributed by atoms with E-state index in [1.807, 2.05) is 0 Å². The van der Waals surface area contributed by atoms with Crippen LogP contribution in [0.1, 0.15) is 12.8 Å². The Morgan fingerprint density at radius 2 is 2.20 bits per heavy atom. The van der Waals surface area contributed by atoms with Gasteiger partial charge in [-0.15, -0.1) is 0 Å². The highest BCUT2D eigenvalue weighted by atomic mass is 79.9. The zero-order chi connectivity index (χ0) is 3.70. The predicted octanol–water partition coefficient (Wildman–Crippen LogP) is 1.75. The molecular weight excluding hydrogens is 128 g/mol. The molecule has 1 saturated carbocycles. The average Bonchev–Trinajstić information content (AvgIpc) is 2.12. The highest BCUT2D eigenvalue weighted by Crippen LogP contribution is 2.32. The number of rotatable bonds is 1. The zero-order valence-electron chi connectivity index (χ0n) is 3.00. The van der Waals surface area contributed by atoms with Crippen LogP contribution in [-0.4, -0.2) is 5.33 Å². The average molecular weight is 134 g/mol. The summed E-state index contributed by atoms with van der Waals surface area (Å²) < 4.78 is 0. The summed E-state index contributed by atoms with van der Waals surface area (Å²) in [6, 6.07) is 0. The Balaban J connectivity index is 2.00. The molecule has 0 heterocycles. The van der Waals surface area contributed by atoms with Crippen LogP contribution in [-0.2, 0) is 0 Å². The van der Waals surface area contributed by atoms with Crippen molar-refractivity contribution in [1.29, 1.82) is 0 Å². The first kappa shape index (κ1) is 3.66. The van der Waals surface area contributed by atoms with Gasteiger partial charge in [0, 0.05) is 5.33 Å². The Morgan fingerprint density at radius 1 is 1.60 bits per heavy atom. The molecule has 0 saturated heterocycles. The van der Waals surface area contributed by atoms with E-state index in [2.05, 4.69) is 15.9 Å². The van der Waals surface area contributed by atoms with Crippen molar-refractivity contribution in [3.8, 4) is 0 Å². The summed E-state index contributed by atoms with van der Waals surface area (Å²) in [6.07, 6.45) is 2.76. The second kappa shape index (κ2) is 1.29. The second-order valence-electron chi connectivity index (χ2n) is 1.38. The normalized spacial score (nSPS) is 23.4. The summed E-state index contributed by atoms with van der Waals surface area (Å²) in [5.74, 6) is 1.67. The molecule has 1 fully saturated rings. The highest BCUT2D eigenvalue weighted by molar-refractivity contribution is 9.09. The van der Waals surface area contributed by atoms with Crippen LogP contribution in [0.25, 0.3) is 0 Å². The Morgan fingerprint density at radius 3 is 2.20 bits per heavy atom. The van der Waals surface area contributed by atoms with Crippen molar-refractivity contribution in [2.75, 3.05) is 5.33 Å².